The van der Waals surface area contributed by atoms with Gasteiger partial charge < -0.3 is 5.53 Å². The topological polar surface area (TPSA) is 43.8 Å². The molecule has 0 atom stereocenters. The standard InChI is InChI=1S/C49H78N2.2C4H9O.Ni/c1-9-17-25-33-47-46(32-24-16-8)48(42-34-38(26-18-10-2)44(30-22-14-6)39(35-42)27-19-11-3)51(50)49(47)43-36-40(28-20-12-4)45(31-23-15-7)41(37-43)29-21-13-5;2*1-2-3-4-5;/h34-37H,9-33H2,1-8H3;2*2-4H2,1H3;/q;2*-1;+2. The Kier molecular flexibility index (Phi) is 31.9. The van der Waals surface area contributed by atoms with Crippen molar-refractivity contribution in [3.63, 3.8) is 0 Å². The molecule has 0 aliphatic carbocycles. The zero-order valence-electron chi connectivity index (χ0n) is 42.3. The summed E-state index contributed by atoms with van der Waals surface area (Å²) in [4.78, 5) is 0. The molecule has 0 saturated carbocycles. The Hall–Kier alpha value is -2.07. The van der Waals surface area contributed by atoms with Gasteiger partial charge in [-0.3, -0.25) is 0 Å². The van der Waals surface area contributed by atoms with Gasteiger partial charge in [-0.25, -0.2) is 4.70 Å². The van der Waals surface area contributed by atoms with Crippen LogP contribution >= 0.6 is 0 Å². The van der Waals surface area contributed by atoms with E-state index in [9.17, 15) is 5.53 Å². The second kappa shape index (κ2) is 35.2. The summed E-state index contributed by atoms with van der Waals surface area (Å²) in [5.74, 6) is 0. The van der Waals surface area contributed by atoms with Crippen molar-refractivity contribution in [2.75, 3.05) is 13.2 Å². The van der Waals surface area contributed by atoms with Crippen LogP contribution in [0.25, 0.3) is 16.9 Å². The number of unbranched alkanes of at least 4 members (excludes halogenated alkanes) is 11. The molecule has 1 heterocycles. The number of benzene rings is 2. The summed E-state index contributed by atoms with van der Waals surface area (Å²) >= 11 is 0.968. The van der Waals surface area contributed by atoms with Crippen molar-refractivity contribution in [3.8, 4) is 0 Å². The van der Waals surface area contributed by atoms with Gasteiger partial charge in [-0.2, -0.15) is 0 Å². The second-order valence-corrected chi connectivity index (χ2v) is 18.8. The molecule has 2 aromatic carbocycles. The molecule has 62 heavy (non-hydrogen) atoms. The van der Waals surface area contributed by atoms with E-state index in [1.54, 1.807) is 15.8 Å². The molecule has 5 heteroatoms. The van der Waals surface area contributed by atoms with Crippen LogP contribution in [0.15, 0.2) is 35.4 Å². The van der Waals surface area contributed by atoms with Crippen molar-refractivity contribution in [1.29, 1.82) is 0 Å². The molecule has 0 aromatic heterocycles. The predicted molar refractivity (Wildman–Crippen MR) is 267 cm³/mol. The summed E-state index contributed by atoms with van der Waals surface area (Å²) in [5.41, 5.74) is 29.6. The van der Waals surface area contributed by atoms with E-state index in [4.69, 9.17) is 7.76 Å². The molecule has 0 unspecified atom stereocenters. The van der Waals surface area contributed by atoms with Gasteiger partial charge in [-0.05, 0) is 160 Å². The number of allylic oxidation sites excluding steroid dienone is 2. The van der Waals surface area contributed by atoms with E-state index >= 15 is 0 Å². The van der Waals surface area contributed by atoms with Crippen LogP contribution in [0.3, 0.4) is 0 Å². The Morgan fingerprint density at radius 3 is 0.984 bits per heavy atom. The molecule has 4 nitrogen and oxygen atoms in total. The first-order chi connectivity index (χ1) is 30.3. The summed E-state index contributed by atoms with van der Waals surface area (Å²) in [7, 11) is 0. The van der Waals surface area contributed by atoms with Crippen LogP contribution in [0.2, 0.25) is 0 Å². The van der Waals surface area contributed by atoms with E-state index in [0.29, 0.717) is 0 Å². The van der Waals surface area contributed by atoms with Gasteiger partial charge in [0.05, 0.1) is 0 Å². The fourth-order valence-electron chi connectivity index (χ4n) is 8.73. The van der Waals surface area contributed by atoms with Crippen LogP contribution < -0.4 is 0 Å². The summed E-state index contributed by atoms with van der Waals surface area (Å²) in [6.07, 6.45) is 34.1. The molecule has 0 bridgehead atoms. The predicted octanol–water partition coefficient (Wildman–Crippen LogP) is 18.2. The maximum atomic E-state index is 12.8. The first kappa shape index (κ1) is 56.1. The number of aryl methyl sites for hydroxylation is 4. The Morgan fingerprint density at radius 1 is 0.371 bits per heavy atom. The van der Waals surface area contributed by atoms with Crippen molar-refractivity contribution < 1.29 is 27.5 Å². The van der Waals surface area contributed by atoms with Crippen molar-refractivity contribution in [1.82, 2.24) is 0 Å². The molecule has 0 fully saturated rings. The van der Waals surface area contributed by atoms with E-state index < -0.39 is 0 Å². The van der Waals surface area contributed by atoms with Gasteiger partial charge in [0.2, 0.25) is 11.4 Å². The summed E-state index contributed by atoms with van der Waals surface area (Å²) in [6.45, 7) is 24.5. The van der Waals surface area contributed by atoms with Crippen molar-refractivity contribution in [2.45, 2.75) is 255 Å². The molecular weight excluding hydrogens is 803 g/mol. The maximum absolute atomic E-state index is 12.8. The van der Waals surface area contributed by atoms with Gasteiger partial charge in [0.1, 0.15) is 0 Å². The molecule has 0 amide bonds. The van der Waals surface area contributed by atoms with Crippen LogP contribution in [-0.2, 0) is 61.4 Å². The molecule has 356 valence electrons. The van der Waals surface area contributed by atoms with Gasteiger partial charge in [0.15, 0.2) is 0 Å². The molecule has 0 N–H and O–H groups in total. The average Bonchev–Trinajstić information content (AvgIpc) is 3.56. The third kappa shape index (κ3) is 19.2. The third-order valence-corrected chi connectivity index (χ3v) is 13.2. The quantitative estimate of drug-likeness (QED) is 0.0393. The third-order valence-electron chi connectivity index (χ3n) is 12.5. The summed E-state index contributed by atoms with van der Waals surface area (Å²) < 4.78 is 12.0. The SMILES string of the molecule is CCCCCC1=C(c2cc(CCCC)c(CCCC)c(CCCC)c2)[N+](=[N-])C(c2cc(CCCC)c(CCCC)c(CCCC)c2)=C1CCCC.CCCC[O][Ni][O]CCCC. The summed E-state index contributed by atoms with van der Waals surface area (Å²) in [5, 5.41) is 0. The molecule has 0 saturated heterocycles. The molecule has 3 rings (SSSR count). The summed E-state index contributed by atoms with van der Waals surface area (Å²) in [6, 6.07) is 10.1. The van der Waals surface area contributed by atoms with Crippen molar-refractivity contribution in [3.05, 3.63) is 85.5 Å². The van der Waals surface area contributed by atoms with Crippen LogP contribution in [0.1, 0.15) is 261 Å². The van der Waals surface area contributed by atoms with Gasteiger partial charge >= 0.3 is 75.6 Å². The molecule has 0 radical (unpaired) electrons. The van der Waals surface area contributed by atoms with Crippen LogP contribution in [0, 0.1) is 0 Å². The zero-order chi connectivity index (χ0) is 45.4. The Morgan fingerprint density at radius 2 is 0.661 bits per heavy atom. The first-order valence-corrected chi connectivity index (χ1v) is 27.2. The van der Waals surface area contributed by atoms with Gasteiger partial charge in [-0.1, -0.05) is 113 Å². The molecular formula is C57H96N2NiO2. The van der Waals surface area contributed by atoms with E-state index in [1.165, 1.54) is 167 Å². The fourth-order valence-corrected chi connectivity index (χ4v) is 9.26. The minimum absolute atomic E-state index is 0.808. The van der Waals surface area contributed by atoms with E-state index in [1.807, 2.05) is 0 Å². The van der Waals surface area contributed by atoms with Crippen LogP contribution in [0.5, 0.6) is 0 Å². The molecule has 2 aromatic rings. The molecule has 1 aliphatic rings. The normalized spacial score (nSPS) is 12.9. The molecule has 1 aliphatic heterocycles. The second-order valence-electron chi connectivity index (χ2n) is 18.0. The van der Waals surface area contributed by atoms with Crippen molar-refractivity contribution in [2.24, 2.45) is 0 Å². The number of rotatable bonds is 35. The first-order valence-electron chi connectivity index (χ1n) is 26.4. The number of hydrogen-bond donors (Lipinski definition) is 0. The monoisotopic (exact) mass is 899 g/mol. The fraction of sp³-hybridized carbons (Fsp3) is 0.719. The molecule has 0 spiro atoms. The zero-order valence-corrected chi connectivity index (χ0v) is 43.2. The number of nitrogens with zero attached hydrogens (tertiary/aromatic N) is 2. The van der Waals surface area contributed by atoms with Crippen molar-refractivity contribution >= 4 is 11.4 Å². The van der Waals surface area contributed by atoms with E-state index in [2.05, 4.69) is 93.5 Å². The van der Waals surface area contributed by atoms with Crippen LogP contribution in [-0.4, -0.2) is 17.9 Å². The minimum atomic E-state index is 0.808. The van der Waals surface area contributed by atoms with Gasteiger partial charge in [0.25, 0.3) is 0 Å². The van der Waals surface area contributed by atoms with Crippen LogP contribution in [0.4, 0.5) is 0 Å². The Balaban J connectivity index is 0.00000105. The Bertz CT molecular complexity index is 1520. The van der Waals surface area contributed by atoms with Gasteiger partial charge in [0, 0.05) is 22.3 Å². The number of hydrogen-bond acceptors (Lipinski definition) is 2. The van der Waals surface area contributed by atoms with E-state index in [0.717, 1.165) is 104 Å². The van der Waals surface area contributed by atoms with E-state index in [-0.39, 0.29) is 0 Å². The van der Waals surface area contributed by atoms with Gasteiger partial charge in [-0.15, -0.1) is 0 Å². The Labute approximate surface area is 391 Å². The average molecular weight is 900 g/mol.